The van der Waals surface area contributed by atoms with E-state index in [0.29, 0.717) is 23.1 Å². The molecule has 0 aromatic heterocycles. The summed E-state index contributed by atoms with van der Waals surface area (Å²) in [6.45, 7) is 3.88. The van der Waals surface area contributed by atoms with Gasteiger partial charge in [-0.05, 0) is 18.6 Å². The first-order chi connectivity index (χ1) is 10.0. The first kappa shape index (κ1) is 17.9. The summed E-state index contributed by atoms with van der Waals surface area (Å²) in [5.41, 5.74) is 5.35. The molecule has 0 aliphatic carbocycles. The molecule has 0 radical (unpaired) electrons. The summed E-state index contributed by atoms with van der Waals surface area (Å²) < 4.78 is 9.84. The van der Waals surface area contributed by atoms with Crippen LogP contribution in [0.25, 0.3) is 0 Å². The summed E-state index contributed by atoms with van der Waals surface area (Å²) in [5, 5.41) is 1.06. The van der Waals surface area contributed by atoms with Crippen molar-refractivity contribution < 1.29 is 14.3 Å². The lowest BCUT2D eigenvalue weighted by molar-refractivity contribution is 0.135. The van der Waals surface area contributed by atoms with E-state index >= 15 is 0 Å². The van der Waals surface area contributed by atoms with Gasteiger partial charge >= 0.3 is 6.09 Å². The van der Waals surface area contributed by atoms with Gasteiger partial charge in [0.25, 0.3) is 0 Å². The zero-order valence-electron chi connectivity index (χ0n) is 12.1. The Labute approximate surface area is 134 Å². The fourth-order valence-electron chi connectivity index (χ4n) is 1.75. The molecule has 1 aromatic rings. The van der Waals surface area contributed by atoms with Gasteiger partial charge in [0.15, 0.2) is 0 Å². The van der Waals surface area contributed by atoms with Crippen LogP contribution >= 0.6 is 23.2 Å². The molecule has 2 rings (SSSR count). The van der Waals surface area contributed by atoms with Gasteiger partial charge in [-0.15, -0.1) is 0 Å². The summed E-state index contributed by atoms with van der Waals surface area (Å²) in [6, 6.07) is 5.13. The summed E-state index contributed by atoms with van der Waals surface area (Å²) in [4.78, 5) is 12.7. The minimum atomic E-state index is -0.220. The third kappa shape index (κ3) is 5.61. The van der Waals surface area contributed by atoms with E-state index < -0.39 is 0 Å². The molecule has 0 bridgehead atoms. The number of methoxy groups -OCH3 is 1. The summed E-state index contributed by atoms with van der Waals surface area (Å²) in [5.74, 6) is 0.717. The number of benzene rings is 1. The van der Waals surface area contributed by atoms with E-state index in [4.69, 9.17) is 38.4 Å². The van der Waals surface area contributed by atoms with E-state index in [1.165, 1.54) is 0 Å². The highest BCUT2D eigenvalue weighted by atomic mass is 35.5. The highest BCUT2D eigenvalue weighted by Gasteiger charge is 2.28. The first-order valence-electron chi connectivity index (χ1n) is 6.66. The zero-order chi connectivity index (χ0) is 15.8. The van der Waals surface area contributed by atoms with Gasteiger partial charge in [0.2, 0.25) is 0 Å². The number of nitrogens with two attached hydrogens (primary N) is 1. The van der Waals surface area contributed by atoms with Crippen molar-refractivity contribution >= 4 is 29.3 Å². The van der Waals surface area contributed by atoms with Crippen molar-refractivity contribution in [3.63, 3.8) is 0 Å². The average Bonchev–Trinajstić information content (AvgIpc) is 2.84. The van der Waals surface area contributed by atoms with Crippen molar-refractivity contribution in [2.75, 3.05) is 26.7 Å². The molecule has 0 saturated carbocycles. The molecule has 1 unspecified atom stereocenters. The van der Waals surface area contributed by atoms with Crippen LogP contribution in [0.3, 0.4) is 0 Å². The Morgan fingerprint density at radius 1 is 1.43 bits per heavy atom. The number of hydrogen-bond acceptors (Lipinski definition) is 4. The lowest BCUT2D eigenvalue weighted by Gasteiger charge is -2.09. The van der Waals surface area contributed by atoms with E-state index in [1.54, 1.807) is 30.2 Å². The van der Waals surface area contributed by atoms with Crippen LogP contribution in [0.15, 0.2) is 18.2 Å². The lowest BCUT2D eigenvalue weighted by atomic mass is 10.3. The molecule has 1 fully saturated rings. The number of carbonyl (C=O) groups excluding carboxylic acids is 1. The van der Waals surface area contributed by atoms with Gasteiger partial charge < -0.3 is 20.1 Å². The third-order valence-corrected chi connectivity index (χ3v) is 3.57. The number of hydrogen-bond donors (Lipinski definition) is 1. The molecule has 5 nitrogen and oxygen atoms in total. The van der Waals surface area contributed by atoms with Gasteiger partial charge in [-0.1, -0.05) is 30.1 Å². The molecule has 0 spiro atoms. The Kier molecular flexibility index (Phi) is 7.64. The van der Waals surface area contributed by atoms with Gasteiger partial charge in [0.1, 0.15) is 11.9 Å². The van der Waals surface area contributed by atoms with Gasteiger partial charge in [0.05, 0.1) is 23.7 Å². The zero-order valence-corrected chi connectivity index (χ0v) is 13.7. The topological polar surface area (TPSA) is 64.8 Å². The van der Waals surface area contributed by atoms with Crippen LogP contribution in [-0.4, -0.2) is 43.8 Å². The van der Waals surface area contributed by atoms with E-state index in [1.807, 2.05) is 6.92 Å². The number of cyclic esters (lactones) is 1. The maximum absolute atomic E-state index is 11.0. The maximum atomic E-state index is 11.0. The third-order valence-electron chi connectivity index (χ3n) is 2.83. The highest BCUT2D eigenvalue weighted by molar-refractivity contribution is 6.42. The standard InChI is InChI=1S/C7H6Cl2O.C7H14N2O2/c1-10-5-2-3-6(8)7(9)4-5;1-2-3-9-5-6(4-8)11-7(9)10/h2-4H,1H3;6H,2-5,8H2,1H3. The van der Waals surface area contributed by atoms with Crippen LogP contribution in [0.4, 0.5) is 4.79 Å². The van der Waals surface area contributed by atoms with Crippen LogP contribution in [0.5, 0.6) is 5.75 Å². The fraction of sp³-hybridized carbons (Fsp3) is 0.500. The van der Waals surface area contributed by atoms with Gasteiger partial charge in [-0.25, -0.2) is 4.79 Å². The predicted molar refractivity (Wildman–Crippen MR) is 84.2 cm³/mol. The van der Waals surface area contributed by atoms with Crippen LogP contribution in [0.1, 0.15) is 13.3 Å². The Morgan fingerprint density at radius 3 is 2.62 bits per heavy atom. The molecule has 1 atom stereocenters. The van der Waals surface area contributed by atoms with Crippen LogP contribution in [0, 0.1) is 0 Å². The first-order valence-corrected chi connectivity index (χ1v) is 7.42. The number of rotatable bonds is 4. The molecule has 2 N–H and O–H groups in total. The molecule has 118 valence electrons. The lowest BCUT2D eigenvalue weighted by Crippen LogP contribution is -2.28. The molecule has 1 saturated heterocycles. The van der Waals surface area contributed by atoms with Crippen molar-refractivity contribution in [1.29, 1.82) is 0 Å². The molecule has 1 aliphatic rings. The second kappa shape index (κ2) is 8.97. The van der Waals surface area contributed by atoms with Gasteiger partial charge in [-0.2, -0.15) is 0 Å². The quantitative estimate of drug-likeness (QED) is 0.918. The van der Waals surface area contributed by atoms with E-state index in [-0.39, 0.29) is 12.2 Å². The maximum Gasteiger partial charge on any atom is 0.410 e. The number of carbonyl (C=O) groups is 1. The minimum Gasteiger partial charge on any atom is -0.497 e. The van der Waals surface area contributed by atoms with E-state index in [9.17, 15) is 4.79 Å². The Balaban J connectivity index is 0.000000211. The van der Waals surface area contributed by atoms with Crippen molar-refractivity contribution in [3.05, 3.63) is 28.2 Å². The largest absolute Gasteiger partial charge is 0.497 e. The number of amides is 1. The van der Waals surface area contributed by atoms with Crippen LogP contribution in [0.2, 0.25) is 10.0 Å². The molecule has 1 aliphatic heterocycles. The summed E-state index contributed by atoms with van der Waals surface area (Å²) >= 11 is 11.3. The molecular formula is C14H20Cl2N2O3. The predicted octanol–water partition coefficient (Wildman–Crippen LogP) is 3.18. The number of ether oxygens (including phenoxy) is 2. The smallest absolute Gasteiger partial charge is 0.410 e. The Hall–Kier alpha value is -1.17. The number of nitrogens with zero attached hydrogens (tertiary/aromatic N) is 1. The fourth-order valence-corrected chi connectivity index (χ4v) is 2.04. The molecule has 21 heavy (non-hydrogen) atoms. The van der Waals surface area contributed by atoms with Crippen molar-refractivity contribution in [2.24, 2.45) is 5.73 Å². The van der Waals surface area contributed by atoms with Crippen molar-refractivity contribution in [2.45, 2.75) is 19.4 Å². The second-order valence-corrected chi connectivity index (χ2v) is 5.28. The SMILES string of the molecule is CCCN1CC(CN)OC1=O.COc1ccc(Cl)c(Cl)c1. The monoisotopic (exact) mass is 334 g/mol. The Bertz CT molecular complexity index is 472. The molecule has 1 heterocycles. The Morgan fingerprint density at radius 2 is 2.14 bits per heavy atom. The average molecular weight is 335 g/mol. The summed E-state index contributed by atoms with van der Waals surface area (Å²) in [6.07, 6.45) is 0.656. The molecule has 1 amide bonds. The minimum absolute atomic E-state index is 0.0888. The van der Waals surface area contributed by atoms with Crippen molar-refractivity contribution in [1.82, 2.24) is 4.90 Å². The van der Waals surface area contributed by atoms with Gasteiger partial charge in [-0.3, -0.25) is 0 Å². The van der Waals surface area contributed by atoms with Crippen LogP contribution in [-0.2, 0) is 4.74 Å². The summed E-state index contributed by atoms with van der Waals surface area (Å²) in [7, 11) is 1.58. The van der Waals surface area contributed by atoms with E-state index in [0.717, 1.165) is 18.7 Å². The normalized spacial score (nSPS) is 17.1. The number of halogens is 2. The molecule has 1 aromatic carbocycles. The second-order valence-electron chi connectivity index (χ2n) is 4.47. The van der Waals surface area contributed by atoms with Crippen LogP contribution < -0.4 is 10.5 Å². The van der Waals surface area contributed by atoms with Gasteiger partial charge in [0, 0.05) is 19.2 Å². The molecular weight excluding hydrogens is 315 g/mol. The van der Waals surface area contributed by atoms with E-state index in [2.05, 4.69) is 0 Å². The van der Waals surface area contributed by atoms with Crippen molar-refractivity contribution in [3.8, 4) is 5.75 Å². The molecule has 7 heteroatoms. The highest BCUT2D eigenvalue weighted by Crippen LogP contribution is 2.25.